The van der Waals surface area contributed by atoms with Gasteiger partial charge in [-0.2, -0.15) is 0 Å². The van der Waals surface area contributed by atoms with Crippen molar-refractivity contribution >= 4 is 57.5 Å². The van der Waals surface area contributed by atoms with Gasteiger partial charge < -0.3 is 9.80 Å². The third kappa shape index (κ3) is 2.80. The summed E-state index contributed by atoms with van der Waals surface area (Å²) in [6.07, 6.45) is 8.35. The fourth-order valence-electron chi connectivity index (χ4n) is 5.77. The zero-order valence-corrected chi connectivity index (χ0v) is 19.7. The molecule has 6 heteroatoms. The minimum atomic E-state index is 0.0744. The Balaban J connectivity index is 1.62. The molecule has 5 aromatic rings. The van der Waals surface area contributed by atoms with Crippen LogP contribution in [0.1, 0.15) is 0 Å². The predicted molar refractivity (Wildman–Crippen MR) is 141 cm³/mol. The zero-order valence-electron chi connectivity index (χ0n) is 19.7. The van der Waals surface area contributed by atoms with Crippen LogP contribution in [0.25, 0.3) is 0 Å². The minimum Gasteiger partial charge on any atom is -0.305 e. The molecule has 2 aliphatic heterocycles. The maximum absolute atomic E-state index is 4.78. The van der Waals surface area contributed by atoms with Gasteiger partial charge in [-0.25, -0.2) is 9.13 Å². The summed E-state index contributed by atoms with van der Waals surface area (Å²) in [6, 6.07) is 29.9. The number of hydrogen-bond acceptors (Lipinski definition) is 3. The molecule has 5 heterocycles. The Bertz CT molecular complexity index is 1470. The fourth-order valence-corrected chi connectivity index (χ4v) is 5.77. The highest BCUT2D eigenvalue weighted by molar-refractivity contribution is 6.98. The van der Waals surface area contributed by atoms with Gasteiger partial charge in [0, 0.05) is 23.5 Å². The van der Waals surface area contributed by atoms with Gasteiger partial charge >= 0.3 is 6.71 Å². The van der Waals surface area contributed by atoms with E-state index in [2.05, 4.69) is 130 Å². The molecule has 0 aliphatic carbocycles. The van der Waals surface area contributed by atoms with Crippen LogP contribution in [0.2, 0.25) is 0 Å². The lowest BCUT2D eigenvalue weighted by Crippen LogP contribution is -2.75. The van der Waals surface area contributed by atoms with E-state index < -0.39 is 0 Å². The van der Waals surface area contributed by atoms with Crippen LogP contribution in [0.15, 0.2) is 110 Å². The van der Waals surface area contributed by atoms with Crippen LogP contribution in [0.5, 0.6) is 0 Å². The summed E-state index contributed by atoms with van der Waals surface area (Å²) in [5, 5.41) is 0. The highest BCUT2D eigenvalue weighted by Crippen LogP contribution is 2.41. The molecule has 0 bridgehead atoms. The van der Waals surface area contributed by atoms with Gasteiger partial charge in [0.05, 0.1) is 23.8 Å². The van der Waals surface area contributed by atoms with E-state index >= 15 is 0 Å². The molecule has 0 radical (unpaired) electrons. The number of aryl methyl sites for hydroxylation is 2. The Morgan fingerprint density at radius 1 is 0.571 bits per heavy atom. The molecule has 0 atom stereocenters. The van der Waals surface area contributed by atoms with Gasteiger partial charge in [0.15, 0.2) is 23.6 Å². The molecule has 7 rings (SSSR count). The number of rotatable bonds is 2. The van der Waals surface area contributed by atoms with E-state index in [4.69, 9.17) is 4.98 Å². The van der Waals surface area contributed by atoms with E-state index in [-0.39, 0.29) is 6.71 Å². The summed E-state index contributed by atoms with van der Waals surface area (Å²) >= 11 is 0. The maximum atomic E-state index is 4.78. The summed E-state index contributed by atoms with van der Waals surface area (Å²) in [5.74, 6) is 0. The van der Waals surface area contributed by atoms with E-state index in [1.54, 1.807) is 0 Å². The smallest absolute Gasteiger partial charge is 0.305 e. The minimum absolute atomic E-state index is 0.0744. The van der Waals surface area contributed by atoms with Crippen molar-refractivity contribution in [2.75, 3.05) is 9.80 Å². The molecule has 0 fully saturated rings. The normalized spacial score (nSPS) is 13.3. The number of para-hydroxylation sites is 2. The summed E-state index contributed by atoms with van der Waals surface area (Å²) in [6.45, 7) is 0.0744. The van der Waals surface area contributed by atoms with Crippen LogP contribution in [0.3, 0.4) is 0 Å². The van der Waals surface area contributed by atoms with E-state index in [1.807, 2.05) is 12.4 Å². The van der Waals surface area contributed by atoms with Gasteiger partial charge in [0.1, 0.15) is 25.5 Å². The number of nitrogens with zero attached hydrogens (tertiary/aromatic N) is 5. The molecule has 0 amide bonds. The first-order valence-electron chi connectivity index (χ1n) is 11.9. The largest absolute Gasteiger partial charge is 0.415 e. The third-order valence-electron chi connectivity index (χ3n) is 7.19. The van der Waals surface area contributed by atoms with Crippen molar-refractivity contribution in [3.63, 3.8) is 0 Å². The lowest BCUT2D eigenvalue weighted by Gasteiger charge is -2.40. The Hall–Kier alpha value is -4.45. The monoisotopic (exact) mass is 453 g/mol. The Labute approximate surface area is 205 Å². The van der Waals surface area contributed by atoms with E-state index in [0.29, 0.717) is 0 Å². The first kappa shape index (κ1) is 20.0. The SMILES string of the molecule is C[n+]1cccc2c1B1c3c(cncc3N(c3ccccc3)c3ccc[n+](C)c31)N2c1ccccc1. The zero-order chi connectivity index (χ0) is 23.5. The van der Waals surface area contributed by atoms with Crippen molar-refractivity contribution in [1.82, 2.24) is 4.98 Å². The topological polar surface area (TPSA) is 27.1 Å². The Morgan fingerprint density at radius 3 is 1.49 bits per heavy atom. The number of fused-ring (bicyclic) bond motifs is 4. The first-order valence-corrected chi connectivity index (χ1v) is 11.9. The summed E-state index contributed by atoms with van der Waals surface area (Å²) < 4.78 is 4.55. The molecule has 0 spiro atoms. The van der Waals surface area contributed by atoms with Crippen LogP contribution < -0.4 is 35.6 Å². The van der Waals surface area contributed by atoms with Gasteiger partial charge in [-0.15, -0.1) is 0 Å². The van der Waals surface area contributed by atoms with Crippen LogP contribution in [0.4, 0.5) is 34.1 Å². The van der Waals surface area contributed by atoms with Gasteiger partial charge in [-0.1, -0.05) is 36.4 Å². The van der Waals surface area contributed by atoms with Crippen molar-refractivity contribution in [2.24, 2.45) is 14.1 Å². The lowest BCUT2D eigenvalue weighted by molar-refractivity contribution is -0.658. The Morgan fingerprint density at radius 2 is 1.03 bits per heavy atom. The lowest BCUT2D eigenvalue weighted by atomic mass is 9.36. The molecule has 0 saturated carbocycles. The molecule has 35 heavy (non-hydrogen) atoms. The maximum Gasteiger partial charge on any atom is 0.415 e. The number of hydrogen-bond donors (Lipinski definition) is 0. The van der Waals surface area contributed by atoms with Gasteiger partial charge in [-0.05, 0) is 41.9 Å². The number of pyridine rings is 3. The molecule has 2 aliphatic rings. The highest BCUT2D eigenvalue weighted by Gasteiger charge is 2.53. The van der Waals surface area contributed by atoms with Gasteiger partial charge in [0.25, 0.3) is 0 Å². The second kappa shape index (κ2) is 7.53. The first-order chi connectivity index (χ1) is 17.2. The van der Waals surface area contributed by atoms with Crippen molar-refractivity contribution in [3.05, 3.63) is 110 Å². The summed E-state index contributed by atoms with van der Waals surface area (Å²) in [4.78, 5) is 9.49. The second-order valence-electron chi connectivity index (χ2n) is 9.15. The molecule has 5 nitrogen and oxygen atoms in total. The van der Waals surface area contributed by atoms with E-state index in [1.165, 1.54) is 28.0 Å². The standard InChI is InChI=1S/C29H24BN5/c1-32-17-9-15-23-28(32)30-27-25(34(23)21-11-5-3-6-12-21)19-31-20-26(27)35(22-13-7-4-8-14-22)24-16-10-18-33(2)29(24)30/h3-20H,1-2H3/q+2. The third-order valence-corrected chi connectivity index (χ3v) is 7.19. The molecule has 166 valence electrons. The van der Waals surface area contributed by atoms with E-state index in [0.717, 1.165) is 22.7 Å². The number of anilines is 6. The van der Waals surface area contributed by atoms with Crippen LogP contribution in [-0.2, 0) is 14.1 Å². The van der Waals surface area contributed by atoms with Crippen LogP contribution >= 0.6 is 0 Å². The fraction of sp³-hybridized carbons (Fsp3) is 0.0690. The number of aromatic nitrogens is 3. The quantitative estimate of drug-likeness (QED) is 0.298. The second-order valence-corrected chi connectivity index (χ2v) is 9.15. The average molecular weight is 453 g/mol. The van der Waals surface area contributed by atoms with Gasteiger partial charge in [-0.3, -0.25) is 4.98 Å². The van der Waals surface area contributed by atoms with Crippen LogP contribution in [-0.4, -0.2) is 11.7 Å². The van der Waals surface area contributed by atoms with E-state index in [9.17, 15) is 0 Å². The Kier molecular flexibility index (Phi) is 4.30. The average Bonchev–Trinajstić information content (AvgIpc) is 2.90. The molecule has 0 unspecified atom stereocenters. The molecule has 0 N–H and O–H groups in total. The number of benzene rings is 2. The molecular weight excluding hydrogens is 429 g/mol. The predicted octanol–water partition coefficient (Wildman–Crippen LogP) is 2.81. The van der Waals surface area contributed by atoms with Crippen molar-refractivity contribution in [1.29, 1.82) is 0 Å². The summed E-state index contributed by atoms with van der Waals surface area (Å²) in [7, 11) is 4.31. The van der Waals surface area contributed by atoms with Crippen molar-refractivity contribution in [3.8, 4) is 0 Å². The molecule has 0 saturated heterocycles. The van der Waals surface area contributed by atoms with Crippen molar-refractivity contribution < 1.29 is 9.13 Å². The van der Waals surface area contributed by atoms with Crippen LogP contribution in [0, 0.1) is 0 Å². The highest BCUT2D eigenvalue weighted by atomic mass is 15.2. The molecular formula is C29H24BN5+2. The molecule has 2 aromatic carbocycles. The van der Waals surface area contributed by atoms with Gasteiger partial charge in [0.2, 0.25) is 0 Å². The summed E-state index contributed by atoms with van der Waals surface area (Å²) in [5.41, 5.74) is 10.7. The molecule has 3 aromatic heterocycles. The van der Waals surface area contributed by atoms with Crippen molar-refractivity contribution in [2.45, 2.75) is 0 Å².